The van der Waals surface area contributed by atoms with Gasteiger partial charge in [-0.05, 0) is 47.2 Å². The smallest absolute Gasteiger partial charge is 0.246 e. The molecule has 0 aliphatic rings. The van der Waals surface area contributed by atoms with Gasteiger partial charge in [-0.25, -0.2) is 0 Å². The Hall–Kier alpha value is -3.25. The predicted molar refractivity (Wildman–Crippen MR) is 125 cm³/mol. The summed E-state index contributed by atoms with van der Waals surface area (Å²) in [6, 6.07) is 17.9. The van der Waals surface area contributed by atoms with E-state index >= 15 is 0 Å². The average molecular weight is 438 g/mol. The maximum atomic E-state index is 13.1. The standard InChI is InChI=1S/C25H27NO4S/c1-28-22-16-20(17-23(29-2)25(22)30-3)11-12-24(27)26(18-21-10-7-15-31-21)14-13-19-8-5-4-6-9-19/h4-12,15-17H,13-14,18H2,1-3H3/b12-11+. The highest BCUT2D eigenvalue weighted by Gasteiger charge is 2.14. The molecule has 0 radical (unpaired) electrons. The normalized spacial score (nSPS) is 10.8. The Morgan fingerprint density at radius 1 is 0.968 bits per heavy atom. The molecule has 1 aromatic heterocycles. The van der Waals surface area contributed by atoms with Gasteiger partial charge < -0.3 is 19.1 Å². The average Bonchev–Trinajstić information content (AvgIpc) is 3.33. The van der Waals surface area contributed by atoms with Crippen molar-refractivity contribution in [1.29, 1.82) is 0 Å². The Bertz CT molecular complexity index is 975. The molecule has 31 heavy (non-hydrogen) atoms. The Balaban J connectivity index is 1.78. The third-order valence-electron chi connectivity index (χ3n) is 4.86. The second kappa shape index (κ2) is 11.2. The SMILES string of the molecule is COc1cc(/C=C/C(=O)N(CCc2ccccc2)Cc2cccs2)cc(OC)c1OC. The zero-order valence-electron chi connectivity index (χ0n) is 18.0. The first kappa shape index (κ1) is 22.4. The Kier molecular flexibility index (Phi) is 8.12. The number of benzene rings is 2. The second-order valence-electron chi connectivity index (χ2n) is 6.87. The molecular formula is C25H27NO4S. The van der Waals surface area contributed by atoms with E-state index < -0.39 is 0 Å². The number of methoxy groups -OCH3 is 3. The summed E-state index contributed by atoms with van der Waals surface area (Å²) in [6.45, 7) is 1.23. The third kappa shape index (κ3) is 6.12. The Labute approximate surface area is 187 Å². The van der Waals surface area contributed by atoms with Crippen LogP contribution in [0.2, 0.25) is 0 Å². The van der Waals surface area contributed by atoms with Crippen LogP contribution in [0.1, 0.15) is 16.0 Å². The van der Waals surface area contributed by atoms with Crippen LogP contribution in [-0.2, 0) is 17.8 Å². The lowest BCUT2D eigenvalue weighted by Gasteiger charge is -2.21. The van der Waals surface area contributed by atoms with E-state index in [1.807, 2.05) is 46.7 Å². The van der Waals surface area contributed by atoms with Crippen LogP contribution in [0.15, 0.2) is 66.1 Å². The molecule has 1 heterocycles. The first-order valence-electron chi connectivity index (χ1n) is 9.98. The minimum Gasteiger partial charge on any atom is -0.493 e. The molecule has 0 saturated carbocycles. The summed E-state index contributed by atoms with van der Waals surface area (Å²) in [6.07, 6.45) is 4.17. The fourth-order valence-corrected chi connectivity index (χ4v) is 3.96. The summed E-state index contributed by atoms with van der Waals surface area (Å²) in [5.74, 6) is 1.58. The molecule has 6 heteroatoms. The molecule has 1 amide bonds. The van der Waals surface area contributed by atoms with E-state index in [2.05, 4.69) is 18.2 Å². The fraction of sp³-hybridized carbons (Fsp3) is 0.240. The van der Waals surface area contributed by atoms with Gasteiger partial charge in [0.05, 0.1) is 27.9 Å². The van der Waals surface area contributed by atoms with Crippen LogP contribution in [0.25, 0.3) is 6.08 Å². The van der Waals surface area contributed by atoms with Gasteiger partial charge in [0.1, 0.15) is 0 Å². The van der Waals surface area contributed by atoms with E-state index in [0.29, 0.717) is 30.3 Å². The van der Waals surface area contributed by atoms with Gasteiger partial charge in [-0.2, -0.15) is 0 Å². The van der Waals surface area contributed by atoms with Crippen molar-refractivity contribution in [3.63, 3.8) is 0 Å². The van der Waals surface area contributed by atoms with Gasteiger partial charge in [0.25, 0.3) is 0 Å². The monoisotopic (exact) mass is 437 g/mol. The summed E-state index contributed by atoms with van der Waals surface area (Å²) >= 11 is 1.65. The molecule has 2 aromatic carbocycles. The molecule has 162 valence electrons. The van der Waals surface area contributed by atoms with E-state index in [9.17, 15) is 4.79 Å². The van der Waals surface area contributed by atoms with Gasteiger partial charge in [-0.3, -0.25) is 4.79 Å². The van der Waals surface area contributed by atoms with E-state index in [1.54, 1.807) is 44.8 Å². The molecule has 0 saturated heterocycles. The van der Waals surface area contributed by atoms with Gasteiger partial charge in [-0.1, -0.05) is 36.4 Å². The summed E-state index contributed by atoms with van der Waals surface area (Å²) < 4.78 is 16.2. The molecule has 3 aromatic rings. The Morgan fingerprint density at radius 2 is 1.68 bits per heavy atom. The molecule has 0 N–H and O–H groups in total. The highest BCUT2D eigenvalue weighted by molar-refractivity contribution is 7.09. The minimum absolute atomic E-state index is 0.0434. The number of ether oxygens (including phenoxy) is 3. The molecule has 0 spiro atoms. The van der Waals surface area contributed by atoms with E-state index in [-0.39, 0.29) is 5.91 Å². The summed E-state index contributed by atoms with van der Waals surface area (Å²) in [7, 11) is 4.71. The first-order valence-corrected chi connectivity index (χ1v) is 10.9. The molecule has 0 aliphatic carbocycles. The second-order valence-corrected chi connectivity index (χ2v) is 7.90. The van der Waals surface area contributed by atoms with Gasteiger partial charge in [0, 0.05) is 17.5 Å². The van der Waals surface area contributed by atoms with Gasteiger partial charge in [-0.15, -0.1) is 11.3 Å². The van der Waals surface area contributed by atoms with Crippen molar-refractivity contribution in [2.24, 2.45) is 0 Å². The van der Waals surface area contributed by atoms with Crippen LogP contribution in [0.4, 0.5) is 0 Å². The summed E-state index contributed by atoms with van der Waals surface area (Å²) in [5.41, 5.74) is 2.00. The first-order chi connectivity index (χ1) is 15.1. The fourth-order valence-electron chi connectivity index (χ4n) is 3.24. The topological polar surface area (TPSA) is 48.0 Å². The van der Waals surface area contributed by atoms with Crippen LogP contribution in [0.5, 0.6) is 17.2 Å². The van der Waals surface area contributed by atoms with Crippen molar-refractivity contribution < 1.29 is 19.0 Å². The molecule has 3 rings (SSSR count). The highest BCUT2D eigenvalue weighted by atomic mass is 32.1. The van der Waals surface area contributed by atoms with Crippen molar-refractivity contribution in [3.05, 3.63) is 82.1 Å². The number of nitrogens with zero attached hydrogens (tertiary/aromatic N) is 1. The van der Waals surface area contributed by atoms with Gasteiger partial charge in [0.2, 0.25) is 11.7 Å². The number of thiophene rings is 1. The van der Waals surface area contributed by atoms with E-state index in [0.717, 1.165) is 16.9 Å². The quantitative estimate of drug-likeness (QED) is 0.416. The Morgan fingerprint density at radius 3 is 2.26 bits per heavy atom. The molecule has 0 fully saturated rings. The number of amides is 1. The minimum atomic E-state index is -0.0434. The lowest BCUT2D eigenvalue weighted by atomic mass is 10.1. The number of carbonyl (C=O) groups excluding carboxylic acids is 1. The third-order valence-corrected chi connectivity index (χ3v) is 5.72. The van der Waals surface area contributed by atoms with Crippen molar-refractivity contribution >= 4 is 23.3 Å². The van der Waals surface area contributed by atoms with Crippen LogP contribution < -0.4 is 14.2 Å². The number of rotatable bonds is 10. The molecular weight excluding hydrogens is 410 g/mol. The maximum Gasteiger partial charge on any atom is 0.246 e. The van der Waals surface area contributed by atoms with Crippen LogP contribution >= 0.6 is 11.3 Å². The largest absolute Gasteiger partial charge is 0.493 e. The van der Waals surface area contributed by atoms with E-state index in [4.69, 9.17) is 14.2 Å². The molecule has 0 unspecified atom stereocenters. The van der Waals surface area contributed by atoms with Crippen LogP contribution in [0, 0.1) is 0 Å². The molecule has 5 nitrogen and oxygen atoms in total. The maximum absolute atomic E-state index is 13.1. The molecule has 0 bridgehead atoms. The van der Waals surface area contributed by atoms with Crippen molar-refractivity contribution in [2.45, 2.75) is 13.0 Å². The highest BCUT2D eigenvalue weighted by Crippen LogP contribution is 2.38. The lowest BCUT2D eigenvalue weighted by Crippen LogP contribution is -2.30. The zero-order valence-corrected chi connectivity index (χ0v) is 18.9. The lowest BCUT2D eigenvalue weighted by molar-refractivity contribution is -0.126. The zero-order chi connectivity index (χ0) is 22.1. The van der Waals surface area contributed by atoms with E-state index in [1.165, 1.54) is 5.56 Å². The van der Waals surface area contributed by atoms with Gasteiger partial charge in [0.15, 0.2) is 11.5 Å². The van der Waals surface area contributed by atoms with Crippen molar-refractivity contribution in [1.82, 2.24) is 4.90 Å². The number of hydrogen-bond donors (Lipinski definition) is 0. The van der Waals surface area contributed by atoms with Crippen LogP contribution in [-0.4, -0.2) is 38.7 Å². The molecule has 0 aliphatic heterocycles. The predicted octanol–water partition coefficient (Wildman–Crippen LogP) is 5.06. The molecule has 0 atom stereocenters. The summed E-state index contributed by atoms with van der Waals surface area (Å²) in [4.78, 5) is 16.1. The van der Waals surface area contributed by atoms with Crippen molar-refractivity contribution in [3.8, 4) is 17.2 Å². The number of hydrogen-bond acceptors (Lipinski definition) is 5. The van der Waals surface area contributed by atoms with Crippen LogP contribution in [0.3, 0.4) is 0 Å². The van der Waals surface area contributed by atoms with Gasteiger partial charge >= 0.3 is 0 Å². The number of carbonyl (C=O) groups is 1. The summed E-state index contributed by atoms with van der Waals surface area (Å²) in [5, 5.41) is 2.03. The van der Waals surface area contributed by atoms with Crippen molar-refractivity contribution in [2.75, 3.05) is 27.9 Å².